The van der Waals surface area contributed by atoms with Gasteiger partial charge in [0.25, 0.3) is 0 Å². The van der Waals surface area contributed by atoms with Crippen molar-refractivity contribution in [1.82, 2.24) is 19.4 Å². The minimum Gasteiger partial charge on any atom is -0.493 e. The fourth-order valence-corrected chi connectivity index (χ4v) is 7.61. The highest BCUT2D eigenvalue weighted by Crippen LogP contribution is 2.43. The maximum atomic E-state index is 14.5. The van der Waals surface area contributed by atoms with Crippen LogP contribution < -0.4 is 19.1 Å². The number of imidazole rings is 1. The SMILES string of the molecule is CCOCCn1c(N2CCCN(CCC3(Cc4ccc(F)cc4)CCN(Cc4ccc(OC)c(OC)c4OC)C3=O)CC2)nc2ccccc21. The Morgan fingerprint density at radius 2 is 1.66 bits per heavy atom. The van der Waals surface area contributed by atoms with E-state index < -0.39 is 5.41 Å². The summed E-state index contributed by atoms with van der Waals surface area (Å²) in [7, 11) is 4.78. The second-order valence-corrected chi connectivity index (χ2v) is 13.2. The molecule has 3 aromatic carbocycles. The minimum atomic E-state index is -0.596. The fraction of sp³-hybridized carbons (Fsp3) is 0.487. The third kappa shape index (κ3) is 7.54. The summed E-state index contributed by atoms with van der Waals surface area (Å²) in [6.45, 7) is 9.52. The molecule has 0 bridgehead atoms. The van der Waals surface area contributed by atoms with E-state index in [1.165, 1.54) is 12.1 Å². The van der Waals surface area contributed by atoms with Gasteiger partial charge in [0.05, 0.1) is 44.4 Å². The van der Waals surface area contributed by atoms with Crippen molar-refractivity contribution < 1.29 is 28.1 Å². The number of methoxy groups -OCH3 is 3. The quantitative estimate of drug-likeness (QED) is 0.145. The molecule has 0 N–H and O–H groups in total. The Labute approximate surface area is 294 Å². The third-order valence-corrected chi connectivity index (χ3v) is 10.3. The Morgan fingerprint density at radius 1 is 0.860 bits per heavy atom. The molecular formula is C39H50FN5O5. The molecule has 11 heteroatoms. The van der Waals surface area contributed by atoms with Crippen molar-refractivity contribution in [2.24, 2.45) is 5.41 Å². The summed E-state index contributed by atoms with van der Waals surface area (Å²) in [6, 6.07) is 18.7. The van der Waals surface area contributed by atoms with Crippen LogP contribution in [0.1, 0.15) is 37.3 Å². The van der Waals surface area contributed by atoms with E-state index in [2.05, 4.69) is 32.6 Å². The number of anilines is 1. The second kappa shape index (κ2) is 16.1. The van der Waals surface area contributed by atoms with Crippen molar-refractivity contribution >= 4 is 22.9 Å². The van der Waals surface area contributed by atoms with E-state index in [9.17, 15) is 9.18 Å². The number of aromatic nitrogens is 2. The number of halogens is 1. The number of para-hydroxylation sites is 2. The zero-order valence-corrected chi connectivity index (χ0v) is 29.8. The lowest BCUT2D eigenvalue weighted by molar-refractivity contribution is -0.137. The first-order valence-electron chi connectivity index (χ1n) is 17.7. The molecule has 0 aliphatic carbocycles. The number of carbonyl (C=O) groups excluding carboxylic acids is 1. The maximum absolute atomic E-state index is 14.5. The van der Waals surface area contributed by atoms with Gasteiger partial charge in [0.15, 0.2) is 11.5 Å². The van der Waals surface area contributed by atoms with E-state index in [4.69, 9.17) is 23.9 Å². The van der Waals surface area contributed by atoms with Crippen LogP contribution in [-0.4, -0.2) is 99.1 Å². The molecule has 268 valence electrons. The van der Waals surface area contributed by atoms with Gasteiger partial charge in [-0.3, -0.25) is 4.79 Å². The van der Waals surface area contributed by atoms with E-state index in [1.807, 2.05) is 42.2 Å². The van der Waals surface area contributed by atoms with Gasteiger partial charge < -0.3 is 38.2 Å². The summed E-state index contributed by atoms with van der Waals surface area (Å²) in [6.07, 6.45) is 3.01. The molecule has 4 aromatic rings. The van der Waals surface area contributed by atoms with Gasteiger partial charge in [-0.1, -0.05) is 24.3 Å². The molecule has 3 heterocycles. The van der Waals surface area contributed by atoms with Crippen molar-refractivity contribution in [1.29, 1.82) is 0 Å². The van der Waals surface area contributed by atoms with E-state index in [1.54, 1.807) is 21.3 Å². The van der Waals surface area contributed by atoms with Crippen LogP contribution in [0.2, 0.25) is 0 Å². The number of ether oxygens (including phenoxy) is 4. The molecule has 50 heavy (non-hydrogen) atoms. The largest absolute Gasteiger partial charge is 0.493 e. The highest BCUT2D eigenvalue weighted by Gasteiger charge is 2.46. The third-order valence-electron chi connectivity index (χ3n) is 10.3. The van der Waals surface area contributed by atoms with Crippen LogP contribution in [0, 0.1) is 11.2 Å². The second-order valence-electron chi connectivity index (χ2n) is 13.2. The summed E-state index contributed by atoms with van der Waals surface area (Å²) < 4.78 is 38.7. The van der Waals surface area contributed by atoms with Gasteiger partial charge in [-0.15, -0.1) is 0 Å². The van der Waals surface area contributed by atoms with E-state index in [0.29, 0.717) is 50.0 Å². The van der Waals surface area contributed by atoms with Crippen molar-refractivity contribution in [3.8, 4) is 17.2 Å². The Kier molecular flexibility index (Phi) is 11.4. The molecule has 1 atom stereocenters. The molecule has 2 aliphatic heterocycles. The first-order chi connectivity index (χ1) is 24.4. The first-order valence-corrected chi connectivity index (χ1v) is 17.7. The van der Waals surface area contributed by atoms with Crippen molar-refractivity contribution in [3.63, 3.8) is 0 Å². The number of amides is 1. The van der Waals surface area contributed by atoms with Gasteiger partial charge >= 0.3 is 0 Å². The maximum Gasteiger partial charge on any atom is 0.229 e. The monoisotopic (exact) mass is 687 g/mol. The lowest BCUT2D eigenvalue weighted by atomic mass is 9.77. The lowest BCUT2D eigenvalue weighted by Crippen LogP contribution is -2.40. The van der Waals surface area contributed by atoms with E-state index in [-0.39, 0.29) is 11.7 Å². The van der Waals surface area contributed by atoms with Crippen LogP contribution in [0.3, 0.4) is 0 Å². The standard InChI is InChI=1S/C39H50FN5O5/c1-5-50-26-25-45-33-10-7-6-9-32(33)41-38(45)43-20-8-19-42(23-24-43)21-17-39(27-29-11-14-31(40)15-12-29)18-22-44(37(39)46)28-30-13-16-34(47-2)36(49-4)35(30)48-3/h6-7,9-16H,5,8,17-28H2,1-4H3. The Balaban J connectivity index is 1.18. The van der Waals surface area contributed by atoms with Crippen molar-refractivity contribution in [2.45, 2.75) is 45.7 Å². The average Bonchev–Trinajstić information content (AvgIpc) is 3.53. The van der Waals surface area contributed by atoms with Crippen molar-refractivity contribution in [3.05, 3.63) is 77.6 Å². The number of likely N-dealkylation sites (tertiary alicyclic amines) is 1. The molecule has 0 radical (unpaired) electrons. The summed E-state index contributed by atoms with van der Waals surface area (Å²) in [5.74, 6) is 2.49. The number of fused-ring (bicyclic) bond motifs is 1. The predicted molar refractivity (Wildman–Crippen MR) is 193 cm³/mol. The number of benzene rings is 3. The van der Waals surface area contributed by atoms with Crippen molar-refractivity contribution in [2.75, 3.05) is 78.7 Å². The molecule has 2 saturated heterocycles. The van der Waals surface area contributed by atoms with Gasteiger partial charge in [0.2, 0.25) is 17.6 Å². The Hall–Kier alpha value is -4.35. The molecule has 1 unspecified atom stereocenters. The Bertz CT molecular complexity index is 1750. The summed E-state index contributed by atoms with van der Waals surface area (Å²) in [5, 5.41) is 0. The topological polar surface area (TPSA) is 81.5 Å². The smallest absolute Gasteiger partial charge is 0.229 e. The van der Waals surface area contributed by atoms with Crippen LogP contribution in [0.25, 0.3) is 11.0 Å². The zero-order chi connectivity index (χ0) is 35.1. The molecule has 10 nitrogen and oxygen atoms in total. The number of nitrogens with zero attached hydrogens (tertiary/aromatic N) is 5. The number of carbonyl (C=O) groups is 1. The highest BCUT2D eigenvalue weighted by molar-refractivity contribution is 5.85. The molecular weight excluding hydrogens is 637 g/mol. The number of hydrogen-bond acceptors (Lipinski definition) is 8. The predicted octanol–water partition coefficient (Wildman–Crippen LogP) is 5.80. The average molecular weight is 688 g/mol. The molecule has 2 fully saturated rings. The number of hydrogen-bond donors (Lipinski definition) is 0. The minimum absolute atomic E-state index is 0.123. The van der Waals surface area contributed by atoms with Crippen LogP contribution >= 0.6 is 0 Å². The molecule has 2 aliphatic rings. The van der Waals surface area contributed by atoms with Crippen LogP contribution in [0.4, 0.5) is 10.3 Å². The molecule has 1 amide bonds. The van der Waals surface area contributed by atoms with Crippen LogP contribution in [0.15, 0.2) is 60.7 Å². The Morgan fingerprint density at radius 3 is 2.42 bits per heavy atom. The zero-order valence-electron chi connectivity index (χ0n) is 29.8. The fourth-order valence-electron chi connectivity index (χ4n) is 7.61. The number of rotatable bonds is 15. The molecule has 0 saturated carbocycles. The van der Waals surface area contributed by atoms with E-state index in [0.717, 1.165) is 86.6 Å². The van der Waals surface area contributed by atoms with Gasteiger partial charge in [-0.2, -0.15) is 0 Å². The van der Waals surface area contributed by atoms with Gasteiger partial charge in [-0.25, -0.2) is 9.37 Å². The molecule has 6 rings (SSSR count). The summed E-state index contributed by atoms with van der Waals surface area (Å²) >= 11 is 0. The van der Waals surface area contributed by atoms with E-state index >= 15 is 0 Å². The van der Waals surface area contributed by atoms with Crippen LogP contribution in [-0.2, 0) is 29.0 Å². The molecule has 0 spiro atoms. The first kappa shape index (κ1) is 35.5. The van der Waals surface area contributed by atoms with Gasteiger partial charge in [-0.05, 0) is 87.7 Å². The van der Waals surface area contributed by atoms with Gasteiger partial charge in [0, 0.05) is 51.4 Å². The molecule has 1 aromatic heterocycles. The lowest BCUT2D eigenvalue weighted by Gasteiger charge is -2.31. The highest BCUT2D eigenvalue weighted by atomic mass is 19.1. The van der Waals surface area contributed by atoms with Crippen LogP contribution in [0.5, 0.6) is 17.2 Å². The normalized spacial score (nSPS) is 18.5. The summed E-state index contributed by atoms with van der Waals surface area (Å²) in [5.41, 5.74) is 3.36. The summed E-state index contributed by atoms with van der Waals surface area (Å²) in [4.78, 5) is 26.4. The van der Waals surface area contributed by atoms with Gasteiger partial charge in [0.1, 0.15) is 5.82 Å².